The molecule has 9 nitrogen and oxygen atoms in total. The number of anilines is 1. The van der Waals surface area contributed by atoms with Gasteiger partial charge < -0.3 is 24.4 Å². The van der Waals surface area contributed by atoms with Crippen LogP contribution in [0.2, 0.25) is 5.02 Å². The minimum Gasteiger partial charge on any atom is -0.458 e. The average molecular weight is 521 g/mol. The molecule has 0 radical (unpaired) electrons. The number of hydrogen-bond acceptors (Lipinski definition) is 7. The van der Waals surface area contributed by atoms with E-state index < -0.39 is 11.8 Å². The zero-order valence-corrected chi connectivity index (χ0v) is 21.5. The molecular formula is C24H29ClN4O5S. The van der Waals surface area contributed by atoms with Crippen molar-refractivity contribution >= 4 is 41.0 Å². The van der Waals surface area contributed by atoms with Gasteiger partial charge in [-0.3, -0.25) is 14.3 Å². The number of amides is 2. The maximum Gasteiger partial charge on any atom is 0.251 e. The SMILES string of the molecule is CSCC[C@@H](C(=O)Nc1ccn(C[C@@H]2COC(C)(C)O2)n1)N1CC(Oc2ccccc2Cl)=CC1=O. The summed E-state index contributed by atoms with van der Waals surface area (Å²) in [6.45, 7) is 4.91. The van der Waals surface area contributed by atoms with E-state index >= 15 is 0 Å². The van der Waals surface area contributed by atoms with E-state index in [1.54, 1.807) is 53.0 Å². The van der Waals surface area contributed by atoms with Crippen molar-refractivity contribution in [2.45, 2.75) is 44.7 Å². The topological polar surface area (TPSA) is 94.9 Å². The predicted molar refractivity (Wildman–Crippen MR) is 134 cm³/mol. The molecule has 0 saturated carbocycles. The Kier molecular flexibility index (Phi) is 8.05. The predicted octanol–water partition coefficient (Wildman–Crippen LogP) is 3.55. The Morgan fingerprint density at radius 3 is 2.89 bits per heavy atom. The zero-order valence-electron chi connectivity index (χ0n) is 19.9. The van der Waals surface area contributed by atoms with Gasteiger partial charge in [0.2, 0.25) is 5.91 Å². The number of aromatic nitrogens is 2. The fraction of sp³-hybridized carbons (Fsp3) is 0.458. The summed E-state index contributed by atoms with van der Waals surface area (Å²) in [5.74, 6) is 0.846. The highest BCUT2D eigenvalue weighted by atomic mass is 35.5. The molecule has 2 aromatic rings. The minimum atomic E-state index is -0.670. The summed E-state index contributed by atoms with van der Waals surface area (Å²) in [7, 11) is 0. The number of benzene rings is 1. The number of nitrogens with one attached hydrogen (secondary N) is 1. The van der Waals surface area contributed by atoms with Gasteiger partial charge in [-0.2, -0.15) is 16.9 Å². The Morgan fingerprint density at radius 2 is 2.17 bits per heavy atom. The Hall–Kier alpha value is -2.53. The number of carbonyl (C=O) groups excluding carboxylic acids is 2. The molecule has 3 heterocycles. The second-order valence-electron chi connectivity index (χ2n) is 8.77. The van der Waals surface area contributed by atoms with Crippen molar-refractivity contribution in [3.63, 3.8) is 0 Å². The summed E-state index contributed by atoms with van der Waals surface area (Å²) in [4.78, 5) is 27.5. The lowest BCUT2D eigenvalue weighted by molar-refractivity contribution is -0.139. The van der Waals surface area contributed by atoms with Crippen LogP contribution >= 0.6 is 23.4 Å². The van der Waals surface area contributed by atoms with E-state index in [4.69, 9.17) is 25.8 Å². The molecule has 1 aromatic carbocycles. The van der Waals surface area contributed by atoms with E-state index in [9.17, 15) is 9.59 Å². The number of ether oxygens (including phenoxy) is 3. The minimum absolute atomic E-state index is 0.118. The molecular weight excluding hydrogens is 492 g/mol. The van der Waals surface area contributed by atoms with Crippen LogP contribution in [0.3, 0.4) is 0 Å². The van der Waals surface area contributed by atoms with E-state index in [2.05, 4.69) is 10.4 Å². The summed E-state index contributed by atoms with van der Waals surface area (Å²) in [6, 6.07) is 8.10. The van der Waals surface area contributed by atoms with Crippen molar-refractivity contribution in [3.05, 3.63) is 53.4 Å². The molecule has 2 aliphatic heterocycles. The fourth-order valence-corrected chi connectivity index (χ4v) is 4.60. The van der Waals surface area contributed by atoms with E-state index in [1.165, 1.54) is 11.0 Å². The van der Waals surface area contributed by atoms with Crippen LogP contribution in [-0.4, -0.2) is 69.6 Å². The lowest BCUT2D eigenvalue weighted by atomic mass is 10.1. The van der Waals surface area contributed by atoms with Gasteiger partial charge in [-0.15, -0.1) is 0 Å². The van der Waals surface area contributed by atoms with Crippen LogP contribution in [-0.2, 0) is 25.6 Å². The quantitative estimate of drug-likeness (QED) is 0.512. The van der Waals surface area contributed by atoms with Gasteiger partial charge in [-0.1, -0.05) is 23.7 Å². The lowest BCUT2D eigenvalue weighted by Crippen LogP contribution is -2.46. The Labute approximate surface area is 213 Å². The molecule has 11 heteroatoms. The van der Waals surface area contributed by atoms with E-state index in [1.807, 2.05) is 20.1 Å². The molecule has 2 aliphatic rings. The molecule has 188 valence electrons. The van der Waals surface area contributed by atoms with Crippen molar-refractivity contribution in [1.82, 2.24) is 14.7 Å². The third-order valence-corrected chi connectivity index (χ3v) is 6.55. The van der Waals surface area contributed by atoms with Crippen molar-refractivity contribution in [3.8, 4) is 5.75 Å². The first-order chi connectivity index (χ1) is 16.7. The Morgan fingerprint density at radius 1 is 1.37 bits per heavy atom. The summed E-state index contributed by atoms with van der Waals surface area (Å²) in [6.07, 6.45) is 5.52. The third kappa shape index (κ3) is 6.58. The molecule has 1 N–H and O–H groups in total. The van der Waals surface area contributed by atoms with Crippen LogP contribution in [0, 0.1) is 0 Å². The molecule has 0 aliphatic carbocycles. The normalized spacial score (nSPS) is 20.1. The number of nitrogens with zero attached hydrogens (tertiary/aromatic N) is 3. The monoisotopic (exact) mass is 520 g/mol. The van der Waals surface area contributed by atoms with Gasteiger partial charge in [-0.05, 0) is 44.4 Å². The molecule has 4 rings (SSSR count). The highest BCUT2D eigenvalue weighted by Crippen LogP contribution is 2.28. The second-order valence-corrected chi connectivity index (χ2v) is 10.2. The van der Waals surface area contributed by atoms with Crippen LogP contribution in [0.4, 0.5) is 5.82 Å². The van der Waals surface area contributed by atoms with E-state index in [0.717, 1.165) is 0 Å². The van der Waals surface area contributed by atoms with Gasteiger partial charge in [0.1, 0.15) is 23.7 Å². The number of carbonyl (C=O) groups is 2. The molecule has 2 amide bonds. The molecule has 2 atom stereocenters. The number of halogens is 1. The number of rotatable bonds is 10. The first-order valence-electron chi connectivity index (χ1n) is 11.3. The third-order valence-electron chi connectivity index (χ3n) is 5.60. The largest absolute Gasteiger partial charge is 0.458 e. The molecule has 35 heavy (non-hydrogen) atoms. The standard InChI is InChI=1S/C24H29ClN4O5S/c1-24(2)32-15-17(34-24)13-28-10-8-21(27-28)26-23(31)19(9-11-35-3)29-14-16(12-22(29)30)33-20-7-5-4-6-18(20)25/h4-8,10,12,17,19H,9,11,13-15H2,1-3H3,(H,26,27,31)/t17-,19+/m1/s1. The molecule has 0 spiro atoms. The fourth-order valence-electron chi connectivity index (χ4n) is 3.97. The van der Waals surface area contributed by atoms with Crippen LogP contribution in [0.15, 0.2) is 48.4 Å². The summed E-state index contributed by atoms with van der Waals surface area (Å²) < 4.78 is 19.0. The average Bonchev–Trinajstić information content (AvgIpc) is 3.49. The van der Waals surface area contributed by atoms with Crippen molar-refractivity contribution in [2.24, 2.45) is 0 Å². The van der Waals surface area contributed by atoms with Gasteiger partial charge in [0.05, 0.1) is 24.7 Å². The number of thioether (sulfide) groups is 1. The summed E-state index contributed by atoms with van der Waals surface area (Å²) >= 11 is 7.79. The Bertz CT molecular complexity index is 1110. The second kappa shape index (κ2) is 11.0. The maximum absolute atomic E-state index is 13.2. The smallest absolute Gasteiger partial charge is 0.251 e. The van der Waals surface area contributed by atoms with Crippen LogP contribution in [0.1, 0.15) is 20.3 Å². The van der Waals surface area contributed by atoms with Crippen molar-refractivity contribution < 1.29 is 23.8 Å². The molecule has 0 bridgehead atoms. The van der Waals surface area contributed by atoms with Gasteiger partial charge in [-0.25, -0.2) is 0 Å². The van der Waals surface area contributed by atoms with Crippen LogP contribution < -0.4 is 10.1 Å². The molecule has 1 aromatic heterocycles. The first-order valence-corrected chi connectivity index (χ1v) is 13.1. The van der Waals surface area contributed by atoms with Crippen molar-refractivity contribution in [2.75, 3.05) is 30.5 Å². The molecule has 0 unspecified atom stereocenters. The molecule has 1 saturated heterocycles. The van der Waals surface area contributed by atoms with Gasteiger partial charge in [0, 0.05) is 18.3 Å². The van der Waals surface area contributed by atoms with Gasteiger partial charge in [0.15, 0.2) is 11.6 Å². The summed E-state index contributed by atoms with van der Waals surface area (Å²) in [5, 5.41) is 7.74. The highest BCUT2D eigenvalue weighted by Gasteiger charge is 2.35. The van der Waals surface area contributed by atoms with E-state index in [0.29, 0.717) is 47.7 Å². The lowest BCUT2D eigenvalue weighted by Gasteiger charge is -2.26. The van der Waals surface area contributed by atoms with E-state index in [-0.39, 0.29) is 24.5 Å². The highest BCUT2D eigenvalue weighted by molar-refractivity contribution is 7.98. The molecule has 1 fully saturated rings. The summed E-state index contributed by atoms with van der Waals surface area (Å²) in [5.41, 5.74) is 0. The van der Waals surface area contributed by atoms with Crippen LogP contribution in [0.25, 0.3) is 0 Å². The maximum atomic E-state index is 13.2. The van der Waals surface area contributed by atoms with Gasteiger partial charge in [0.25, 0.3) is 5.91 Å². The number of para-hydroxylation sites is 1. The Balaban J connectivity index is 1.38. The zero-order chi connectivity index (χ0) is 25.0. The van der Waals surface area contributed by atoms with Crippen LogP contribution in [0.5, 0.6) is 5.75 Å². The number of hydrogen-bond donors (Lipinski definition) is 1. The van der Waals surface area contributed by atoms with Crippen molar-refractivity contribution in [1.29, 1.82) is 0 Å². The van der Waals surface area contributed by atoms with Gasteiger partial charge >= 0.3 is 0 Å². The first kappa shape index (κ1) is 25.6.